The standard InChI is InChI=1S/C35H44F3N3O7S.C22H25N3O2/c1-20(2)26(33(46)41-18-8-9-27(41)32(45)39-29(21(3)4)30(43)35(36,37)38)19-28(42)22-10-12-23(13-11-22)31(44)40-49(47,48)25-16-14-24(15-17-25)34(5,6)7;1-14-8-7-9-16(12-14)25-15(2)17(19-10-11-23-24(19)6)13-18(21(25)27)20(26)22(3,4)5/h10-17,20-21,26-27,29H,8-9,18-19H2,1-7H3,(H,39,45)(H,40,44);7-13H,1-6H3/t26-,27-,29?;/m0./s1. The first kappa shape index (κ1) is 59.9. The van der Waals surface area contributed by atoms with Gasteiger partial charge in [0, 0.05) is 65.6 Å². The van der Waals surface area contributed by atoms with E-state index in [0.717, 1.165) is 33.8 Å². The lowest BCUT2D eigenvalue weighted by atomic mass is 9.86. The Bertz CT molecular complexity index is 3160. The van der Waals surface area contributed by atoms with Crippen molar-refractivity contribution in [3.05, 3.63) is 135 Å². The van der Waals surface area contributed by atoms with Crippen molar-refractivity contribution in [1.29, 1.82) is 0 Å². The number of carbonyl (C=O) groups is 6. The highest BCUT2D eigenvalue weighted by Crippen LogP contribution is 2.31. The molecule has 3 amide bonds. The van der Waals surface area contributed by atoms with Crippen LogP contribution < -0.4 is 15.6 Å². The van der Waals surface area contributed by atoms with Crippen molar-refractivity contribution < 1.29 is 50.4 Å². The van der Waals surface area contributed by atoms with E-state index in [4.69, 9.17) is 0 Å². The normalized spacial score (nSPS) is 14.9. The lowest BCUT2D eigenvalue weighted by molar-refractivity contribution is -0.175. The minimum atomic E-state index is -5.14. The highest BCUT2D eigenvalue weighted by atomic mass is 32.2. The number of amides is 3. The second-order valence-corrected chi connectivity index (χ2v) is 23.7. The van der Waals surface area contributed by atoms with Gasteiger partial charge in [0.15, 0.2) is 11.6 Å². The van der Waals surface area contributed by atoms with E-state index in [1.54, 1.807) is 47.5 Å². The SMILES string of the molecule is CC(C)C(NC(=O)[C@@H]1CCCN1C(=O)[C@@H](CC(=O)c1ccc(C(=O)NS(=O)(=O)c2ccc(C(C)(C)C)cc2)cc1)C(C)C)C(=O)C(F)(F)F.Cc1cccc(-n2c(C)c(-c3ccnn3C)cc(C(=O)C(C)(C)C)c2=O)c1. The topological polar surface area (TPSA) is 204 Å². The molecule has 6 rings (SSSR count). The Morgan fingerprint density at radius 2 is 1.41 bits per heavy atom. The van der Waals surface area contributed by atoms with Gasteiger partial charge in [-0.1, -0.05) is 106 Å². The van der Waals surface area contributed by atoms with Crippen molar-refractivity contribution in [2.45, 2.75) is 131 Å². The lowest BCUT2D eigenvalue weighted by Crippen LogP contribution is -2.55. The second-order valence-electron chi connectivity index (χ2n) is 22.0. The molecule has 19 heteroatoms. The van der Waals surface area contributed by atoms with E-state index in [-0.39, 0.29) is 63.6 Å². The molecule has 2 aromatic heterocycles. The highest BCUT2D eigenvalue weighted by molar-refractivity contribution is 7.90. The number of aryl methyl sites for hydroxylation is 2. The monoisotopic (exact) mass is 1070 g/mol. The highest BCUT2D eigenvalue weighted by Gasteiger charge is 2.47. The molecule has 1 aliphatic heterocycles. The van der Waals surface area contributed by atoms with E-state index < -0.39 is 74.8 Å². The van der Waals surface area contributed by atoms with Crippen molar-refractivity contribution in [1.82, 2.24) is 29.3 Å². The van der Waals surface area contributed by atoms with Gasteiger partial charge in [0.05, 0.1) is 22.2 Å². The lowest BCUT2D eigenvalue weighted by Gasteiger charge is -2.31. The fraction of sp³-hybridized carbons (Fsp3) is 0.439. The van der Waals surface area contributed by atoms with Crippen LogP contribution in [0, 0.1) is 37.0 Å². The number of pyridine rings is 1. The average Bonchev–Trinajstić information content (AvgIpc) is 4.01. The summed E-state index contributed by atoms with van der Waals surface area (Å²) in [5.74, 6) is -7.05. The molecule has 408 valence electrons. The van der Waals surface area contributed by atoms with Gasteiger partial charge in [-0.3, -0.25) is 42.8 Å². The molecule has 5 aromatic rings. The number of hydrogen-bond donors (Lipinski definition) is 2. The van der Waals surface area contributed by atoms with Crippen LogP contribution in [0.15, 0.2) is 101 Å². The van der Waals surface area contributed by atoms with Crippen LogP contribution in [0.3, 0.4) is 0 Å². The molecule has 76 heavy (non-hydrogen) atoms. The van der Waals surface area contributed by atoms with Crippen LogP contribution >= 0.6 is 0 Å². The largest absolute Gasteiger partial charge is 0.452 e. The summed E-state index contributed by atoms with van der Waals surface area (Å²) < 4.78 is 70.5. The smallest absolute Gasteiger partial charge is 0.344 e. The van der Waals surface area contributed by atoms with E-state index in [1.807, 2.05) is 97.5 Å². The van der Waals surface area contributed by atoms with E-state index in [2.05, 4.69) is 10.4 Å². The first-order chi connectivity index (χ1) is 35.1. The molecule has 3 atom stereocenters. The molecule has 0 spiro atoms. The number of nitrogens with one attached hydrogen (secondary N) is 2. The molecule has 0 bridgehead atoms. The third-order valence-electron chi connectivity index (χ3n) is 13.3. The number of aromatic nitrogens is 3. The first-order valence-corrected chi connectivity index (χ1v) is 26.5. The summed E-state index contributed by atoms with van der Waals surface area (Å²) >= 11 is 0. The van der Waals surface area contributed by atoms with Crippen molar-refractivity contribution in [2.24, 2.45) is 30.2 Å². The van der Waals surface area contributed by atoms with Gasteiger partial charge in [0.25, 0.3) is 27.3 Å². The van der Waals surface area contributed by atoms with E-state index in [0.29, 0.717) is 6.42 Å². The van der Waals surface area contributed by atoms with Crippen LogP contribution in [0.5, 0.6) is 0 Å². The number of likely N-dealkylation sites (tertiary alicyclic amines) is 1. The molecule has 2 N–H and O–H groups in total. The second kappa shape index (κ2) is 23.5. The molecule has 1 saturated heterocycles. The van der Waals surface area contributed by atoms with Crippen LogP contribution in [-0.2, 0) is 36.9 Å². The quantitative estimate of drug-likeness (QED) is 0.0951. The Morgan fingerprint density at radius 1 is 0.803 bits per heavy atom. The Balaban J connectivity index is 0.000000331. The molecule has 0 aliphatic carbocycles. The molecule has 1 aliphatic rings. The number of nitrogens with zero attached hydrogens (tertiary/aromatic N) is 4. The molecule has 0 radical (unpaired) electrons. The summed E-state index contributed by atoms with van der Waals surface area (Å²) in [4.78, 5) is 92.3. The van der Waals surface area contributed by atoms with Gasteiger partial charge in [-0.05, 0) is 104 Å². The molecule has 1 unspecified atom stereocenters. The summed E-state index contributed by atoms with van der Waals surface area (Å²) in [6, 6.07) is 19.9. The number of rotatable bonds is 15. The molecular weight excluding hydrogens is 1000 g/mol. The van der Waals surface area contributed by atoms with Crippen molar-refractivity contribution in [3.8, 4) is 16.9 Å². The maximum atomic E-state index is 13.7. The third kappa shape index (κ3) is 14.1. The molecule has 3 aromatic carbocycles. The Hall–Kier alpha value is -7.02. The summed E-state index contributed by atoms with van der Waals surface area (Å²) in [6.07, 6.45) is -3.10. The zero-order valence-corrected chi connectivity index (χ0v) is 46.2. The Labute approximate surface area is 442 Å². The van der Waals surface area contributed by atoms with Crippen molar-refractivity contribution in [3.63, 3.8) is 0 Å². The predicted octanol–water partition coefficient (Wildman–Crippen LogP) is 9.29. The average molecular weight is 1070 g/mol. The molecular formula is C57H69F3N6O9S. The number of sulfonamides is 1. The fourth-order valence-electron chi connectivity index (χ4n) is 8.83. The van der Waals surface area contributed by atoms with Gasteiger partial charge in [-0.15, -0.1) is 0 Å². The van der Waals surface area contributed by atoms with Gasteiger partial charge in [-0.2, -0.15) is 18.3 Å². The third-order valence-corrected chi connectivity index (χ3v) is 14.7. The zero-order valence-electron chi connectivity index (χ0n) is 45.4. The van der Waals surface area contributed by atoms with Gasteiger partial charge < -0.3 is 10.2 Å². The van der Waals surface area contributed by atoms with Gasteiger partial charge in [0.1, 0.15) is 6.04 Å². The fourth-order valence-corrected chi connectivity index (χ4v) is 9.80. The Kier molecular flexibility index (Phi) is 18.5. The van der Waals surface area contributed by atoms with Crippen molar-refractivity contribution >= 4 is 45.1 Å². The number of Topliss-reactive ketones (excluding diaryl/α,β-unsaturated/α-hetero) is 3. The van der Waals surface area contributed by atoms with E-state index in [9.17, 15) is 55.2 Å². The first-order valence-electron chi connectivity index (χ1n) is 25.0. The molecule has 1 fully saturated rings. The van der Waals surface area contributed by atoms with Crippen LogP contribution in [0.2, 0.25) is 0 Å². The summed E-state index contributed by atoms with van der Waals surface area (Å²) in [6.45, 7) is 21.7. The minimum Gasteiger partial charge on any atom is -0.344 e. The van der Waals surface area contributed by atoms with Gasteiger partial charge >= 0.3 is 6.18 Å². The summed E-state index contributed by atoms with van der Waals surface area (Å²) in [5.41, 5.74) is 4.40. The van der Waals surface area contributed by atoms with Crippen LogP contribution in [0.4, 0.5) is 13.2 Å². The van der Waals surface area contributed by atoms with E-state index >= 15 is 0 Å². The van der Waals surface area contributed by atoms with Crippen molar-refractivity contribution in [2.75, 3.05) is 6.54 Å². The summed E-state index contributed by atoms with van der Waals surface area (Å²) in [5, 5.41) is 6.43. The maximum Gasteiger partial charge on any atom is 0.452 e. The molecule has 0 saturated carbocycles. The minimum absolute atomic E-state index is 0.0162. The van der Waals surface area contributed by atoms with Crippen LogP contribution in [0.1, 0.15) is 136 Å². The summed E-state index contributed by atoms with van der Waals surface area (Å²) in [7, 11) is -2.33. The van der Waals surface area contributed by atoms with Gasteiger partial charge in [0.2, 0.25) is 11.8 Å². The maximum absolute atomic E-state index is 13.7. The Morgan fingerprint density at radius 3 is 1.92 bits per heavy atom. The number of alkyl halides is 3. The van der Waals surface area contributed by atoms with E-state index in [1.165, 1.54) is 55.1 Å². The molecule has 15 nitrogen and oxygen atoms in total. The molecule has 3 heterocycles. The van der Waals surface area contributed by atoms with Crippen LogP contribution in [0.25, 0.3) is 16.9 Å². The number of halogens is 3. The number of benzene rings is 3. The number of carbonyl (C=O) groups excluding carboxylic acids is 6. The van der Waals surface area contributed by atoms with Crippen LogP contribution in [-0.4, -0.2) is 87.5 Å². The predicted molar refractivity (Wildman–Crippen MR) is 284 cm³/mol. The van der Waals surface area contributed by atoms with Gasteiger partial charge in [-0.25, -0.2) is 13.1 Å². The number of hydrogen-bond acceptors (Lipinski definition) is 10. The zero-order chi connectivity index (χ0) is 57.0. The number of ketones is 3.